The molecule has 0 aliphatic rings. The van der Waals surface area contributed by atoms with Gasteiger partial charge in [0.1, 0.15) is 0 Å². The van der Waals surface area contributed by atoms with Gasteiger partial charge in [-0.15, -0.1) is 0 Å². The van der Waals surface area contributed by atoms with Crippen LogP contribution in [0.1, 0.15) is 31.6 Å². The number of aryl methyl sites for hydroxylation is 1. The van der Waals surface area contributed by atoms with Gasteiger partial charge in [-0.25, -0.2) is 0 Å². The van der Waals surface area contributed by atoms with Crippen molar-refractivity contribution in [3.8, 4) is 11.4 Å². The maximum absolute atomic E-state index is 5.45. The predicted octanol–water partition coefficient (Wildman–Crippen LogP) is 2.96. The Kier molecular flexibility index (Phi) is 5.47. The molecular formula is C13H17BrN4O. The van der Waals surface area contributed by atoms with Gasteiger partial charge in [0.05, 0.1) is 0 Å². The largest absolute Gasteiger partial charge is 0.339 e. The average Bonchev–Trinajstić information content (AvgIpc) is 2.87. The maximum Gasteiger partial charge on any atom is 0.226 e. The summed E-state index contributed by atoms with van der Waals surface area (Å²) in [5, 5.41) is 3.98. The van der Waals surface area contributed by atoms with Gasteiger partial charge >= 0.3 is 0 Å². The fourth-order valence-electron chi connectivity index (χ4n) is 1.78. The Morgan fingerprint density at radius 1 is 1.16 bits per heavy atom. The lowest BCUT2D eigenvalue weighted by molar-refractivity contribution is 0.374. The van der Waals surface area contributed by atoms with E-state index in [-0.39, 0.29) is 0 Å². The third-order valence-electron chi connectivity index (χ3n) is 2.78. The minimum absolute atomic E-state index is 0.589. The summed E-state index contributed by atoms with van der Waals surface area (Å²) >= 11 is 3.37. The molecule has 0 aliphatic heterocycles. The molecule has 0 radical (unpaired) electrons. The number of nitrogens with zero attached hydrogens (tertiary/aromatic N) is 3. The molecule has 0 aliphatic carbocycles. The van der Waals surface area contributed by atoms with E-state index < -0.39 is 0 Å². The van der Waals surface area contributed by atoms with Gasteiger partial charge in [0.2, 0.25) is 11.7 Å². The van der Waals surface area contributed by atoms with E-state index in [0.29, 0.717) is 11.7 Å². The SMILES string of the molecule is NCCCCCCc1nc(-c2cncc(Br)c2)no1. The Hall–Kier alpha value is -1.27. The van der Waals surface area contributed by atoms with Crippen LogP contribution >= 0.6 is 15.9 Å². The van der Waals surface area contributed by atoms with Crippen LogP contribution in [0.3, 0.4) is 0 Å². The highest BCUT2D eigenvalue weighted by Gasteiger charge is 2.08. The standard InChI is InChI=1S/C13H17BrN4O/c14-11-7-10(8-16-9-11)13-17-12(19-18-13)5-3-1-2-4-6-15/h7-9H,1-6,15H2. The first-order valence-corrected chi connectivity index (χ1v) is 7.22. The van der Waals surface area contributed by atoms with Crippen molar-refractivity contribution in [3.63, 3.8) is 0 Å². The molecule has 2 aromatic heterocycles. The van der Waals surface area contributed by atoms with Crippen LogP contribution in [0.15, 0.2) is 27.5 Å². The molecule has 6 heteroatoms. The number of halogens is 1. The Morgan fingerprint density at radius 2 is 2.00 bits per heavy atom. The highest BCUT2D eigenvalue weighted by molar-refractivity contribution is 9.10. The summed E-state index contributed by atoms with van der Waals surface area (Å²) in [5.41, 5.74) is 6.31. The smallest absolute Gasteiger partial charge is 0.226 e. The monoisotopic (exact) mass is 324 g/mol. The van der Waals surface area contributed by atoms with Crippen LogP contribution in [0.5, 0.6) is 0 Å². The minimum Gasteiger partial charge on any atom is -0.339 e. The van der Waals surface area contributed by atoms with E-state index in [0.717, 1.165) is 48.7 Å². The molecule has 0 atom stereocenters. The third kappa shape index (κ3) is 4.40. The van der Waals surface area contributed by atoms with Crippen LogP contribution in [0.4, 0.5) is 0 Å². The molecule has 0 saturated heterocycles. The Balaban J connectivity index is 1.88. The quantitative estimate of drug-likeness (QED) is 0.792. The number of unbranched alkanes of at least 4 members (excludes halogenated alkanes) is 3. The predicted molar refractivity (Wildman–Crippen MR) is 76.5 cm³/mol. The van der Waals surface area contributed by atoms with E-state index >= 15 is 0 Å². The van der Waals surface area contributed by atoms with Crippen molar-refractivity contribution in [2.45, 2.75) is 32.1 Å². The van der Waals surface area contributed by atoms with Gasteiger partial charge in [0.15, 0.2) is 0 Å². The van der Waals surface area contributed by atoms with Crippen molar-refractivity contribution in [2.75, 3.05) is 6.54 Å². The molecule has 0 bridgehead atoms. The summed E-state index contributed by atoms with van der Waals surface area (Å²) in [6.45, 7) is 0.764. The molecular weight excluding hydrogens is 308 g/mol. The molecule has 0 fully saturated rings. The number of pyridine rings is 1. The van der Waals surface area contributed by atoms with Gasteiger partial charge in [-0.05, 0) is 41.4 Å². The Morgan fingerprint density at radius 3 is 2.79 bits per heavy atom. The van der Waals surface area contributed by atoms with Gasteiger partial charge in [-0.2, -0.15) is 4.98 Å². The molecule has 0 aromatic carbocycles. The number of rotatable bonds is 7. The topological polar surface area (TPSA) is 77.8 Å². The van der Waals surface area contributed by atoms with Gasteiger partial charge < -0.3 is 10.3 Å². The Labute approximate surface area is 120 Å². The highest BCUT2D eigenvalue weighted by Crippen LogP contribution is 2.19. The van der Waals surface area contributed by atoms with E-state index in [4.69, 9.17) is 10.3 Å². The normalized spacial score (nSPS) is 10.8. The van der Waals surface area contributed by atoms with E-state index in [1.54, 1.807) is 12.4 Å². The van der Waals surface area contributed by atoms with Crippen molar-refractivity contribution in [1.29, 1.82) is 0 Å². The van der Waals surface area contributed by atoms with Crippen LogP contribution in [-0.2, 0) is 6.42 Å². The molecule has 2 heterocycles. The van der Waals surface area contributed by atoms with Crippen molar-refractivity contribution in [2.24, 2.45) is 5.73 Å². The second-order valence-electron chi connectivity index (χ2n) is 4.36. The lowest BCUT2D eigenvalue weighted by atomic mass is 10.1. The first-order chi connectivity index (χ1) is 9.29. The van der Waals surface area contributed by atoms with Crippen molar-refractivity contribution >= 4 is 15.9 Å². The summed E-state index contributed by atoms with van der Waals surface area (Å²) in [5.74, 6) is 1.27. The van der Waals surface area contributed by atoms with E-state index in [1.165, 1.54) is 0 Å². The number of aromatic nitrogens is 3. The first-order valence-electron chi connectivity index (χ1n) is 6.43. The summed E-state index contributed by atoms with van der Waals surface area (Å²) in [6, 6.07) is 1.92. The van der Waals surface area contributed by atoms with Gasteiger partial charge in [0, 0.05) is 28.9 Å². The molecule has 2 aromatic rings. The second-order valence-corrected chi connectivity index (χ2v) is 5.27. The molecule has 2 rings (SSSR count). The van der Waals surface area contributed by atoms with E-state index in [2.05, 4.69) is 31.1 Å². The van der Waals surface area contributed by atoms with Crippen molar-refractivity contribution in [3.05, 3.63) is 28.8 Å². The van der Waals surface area contributed by atoms with Crippen LogP contribution in [-0.4, -0.2) is 21.7 Å². The van der Waals surface area contributed by atoms with Crippen molar-refractivity contribution in [1.82, 2.24) is 15.1 Å². The molecule has 0 amide bonds. The molecule has 0 spiro atoms. The minimum atomic E-state index is 0.589. The molecule has 5 nitrogen and oxygen atoms in total. The van der Waals surface area contributed by atoms with Crippen LogP contribution < -0.4 is 5.73 Å². The maximum atomic E-state index is 5.45. The first kappa shape index (κ1) is 14.1. The molecule has 102 valence electrons. The summed E-state index contributed by atoms with van der Waals surface area (Å²) in [6.07, 6.45) is 8.71. The zero-order valence-electron chi connectivity index (χ0n) is 10.7. The zero-order chi connectivity index (χ0) is 13.5. The van der Waals surface area contributed by atoms with Gasteiger partial charge in [0.25, 0.3) is 0 Å². The average molecular weight is 325 g/mol. The summed E-state index contributed by atoms with van der Waals surface area (Å²) in [4.78, 5) is 8.46. The van der Waals surface area contributed by atoms with Crippen LogP contribution in [0, 0.1) is 0 Å². The number of hydrogen-bond donors (Lipinski definition) is 1. The fraction of sp³-hybridized carbons (Fsp3) is 0.462. The van der Waals surface area contributed by atoms with Crippen LogP contribution in [0.25, 0.3) is 11.4 Å². The van der Waals surface area contributed by atoms with E-state index in [1.807, 2.05) is 6.07 Å². The van der Waals surface area contributed by atoms with Gasteiger partial charge in [-0.1, -0.05) is 18.0 Å². The Bertz CT molecular complexity index is 515. The lowest BCUT2D eigenvalue weighted by Gasteiger charge is -1.96. The van der Waals surface area contributed by atoms with Crippen molar-refractivity contribution < 1.29 is 4.52 Å². The third-order valence-corrected chi connectivity index (χ3v) is 3.21. The lowest BCUT2D eigenvalue weighted by Crippen LogP contribution is -1.97. The molecule has 0 unspecified atom stereocenters. The highest BCUT2D eigenvalue weighted by atomic mass is 79.9. The van der Waals surface area contributed by atoms with E-state index in [9.17, 15) is 0 Å². The second kappa shape index (κ2) is 7.35. The summed E-state index contributed by atoms with van der Waals surface area (Å²) in [7, 11) is 0. The molecule has 2 N–H and O–H groups in total. The molecule has 0 saturated carbocycles. The number of nitrogens with two attached hydrogens (primary N) is 1. The molecule has 19 heavy (non-hydrogen) atoms. The zero-order valence-corrected chi connectivity index (χ0v) is 12.3. The van der Waals surface area contributed by atoms with Gasteiger partial charge in [-0.3, -0.25) is 4.98 Å². The number of hydrogen-bond acceptors (Lipinski definition) is 5. The van der Waals surface area contributed by atoms with Crippen LogP contribution in [0.2, 0.25) is 0 Å². The fourth-order valence-corrected chi connectivity index (χ4v) is 2.15. The summed E-state index contributed by atoms with van der Waals surface area (Å²) < 4.78 is 6.14.